The van der Waals surface area contributed by atoms with Crippen molar-refractivity contribution in [1.29, 1.82) is 0 Å². The van der Waals surface area contributed by atoms with Gasteiger partial charge in [-0.1, -0.05) is 29.5 Å². The molecular weight excluding hydrogens is 468 g/mol. The molecule has 1 aromatic heterocycles. The van der Waals surface area contributed by atoms with Crippen molar-refractivity contribution in [2.75, 3.05) is 27.9 Å². The van der Waals surface area contributed by atoms with Crippen LogP contribution in [-0.4, -0.2) is 38.5 Å². The molecule has 0 unspecified atom stereocenters. The molecule has 0 fully saturated rings. The van der Waals surface area contributed by atoms with Gasteiger partial charge in [0.1, 0.15) is 5.75 Å². The maximum absolute atomic E-state index is 13.7. The van der Waals surface area contributed by atoms with Crippen LogP contribution in [0.5, 0.6) is 17.2 Å². The zero-order chi connectivity index (χ0) is 25.1. The number of benzene rings is 2. The van der Waals surface area contributed by atoms with Gasteiger partial charge >= 0.3 is 5.97 Å². The minimum Gasteiger partial charge on any atom is -0.497 e. The lowest BCUT2D eigenvalue weighted by Gasteiger charge is -2.25. The normalized spacial score (nSPS) is 15.3. The quantitative estimate of drug-likeness (QED) is 0.470. The maximum Gasteiger partial charge on any atom is 0.338 e. The molecule has 0 aliphatic carbocycles. The van der Waals surface area contributed by atoms with Crippen molar-refractivity contribution >= 4 is 23.4 Å². The highest BCUT2D eigenvalue weighted by Crippen LogP contribution is 2.36. The molecular formula is C26H26N2O6S. The van der Waals surface area contributed by atoms with Crippen LogP contribution in [0.4, 0.5) is 0 Å². The first-order valence-electron chi connectivity index (χ1n) is 11.0. The fourth-order valence-corrected chi connectivity index (χ4v) is 5.03. The minimum absolute atomic E-state index is 0.205. The standard InChI is InChI=1S/C26H26N2O6S/c1-6-34-25(30)22-15(2)27-26-28(23(22)17-9-12-19(32-4)20(14-17)33-5)24(29)21(35-26)13-16-7-10-18(31-3)11-8-16/h7-14,23H,6H2,1-5H3/b21-13-/t23-/m1/s1. The second-order valence-corrected chi connectivity index (χ2v) is 8.70. The molecule has 182 valence electrons. The lowest BCUT2D eigenvalue weighted by atomic mass is 9.95. The minimum atomic E-state index is -0.733. The van der Waals surface area contributed by atoms with Crippen molar-refractivity contribution in [3.8, 4) is 17.2 Å². The third kappa shape index (κ3) is 4.59. The summed E-state index contributed by atoms with van der Waals surface area (Å²) < 4.78 is 23.4. The van der Waals surface area contributed by atoms with Crippen molar-refractivity contribution in [3.63, 3.8) is 0 Å². The Morgan fingerprint density at radius 1 is 1.06 bits per heavy atom. The molecule has 0 amide bonds. The Kier molecular flexibility index (Phi) is 7.07. The number of methoxy groups -OCH3 is 3. The van der Waals surface area contributed by atoms with Crippen LogP contribution in [0.25, 0.3) is 6.08 Å². The number of allylic oxidation sites excluding steroid dienone is 1. The molecule has 1 aliphatic heterocycles. The summed E-state index contributed by atoms with van der Waals surface area (Å²) in [6, 6.07) is 12.0. The molecule has 0 spiro atoms. The Bertz CT molecular complexity index is 1470. The van der Waals surface area contributed by atoms with Crippen molar-refractivity contribution in [2.45, 2.75) is 19.9 Å². The summed E-state index contributed by atoms with van der Waals surface area (Å²) >= 11 is 1.27. The van der Waals surface area contributed by atoms with Crippen LogP contribution in [0.3, 0.4) is 0 Å². The van der Waals surface area contributed by atoms with Gasteiger partial charge in [-0.15, -0.1) is 0 Å². The summed E-state index contributed by atoms with van der Waals surface area (Å²) in [5.74, 6) is 1.24. The first kappa shape index (κ1) is 24.3. The number of esters is 1. The number of nitrogens with zero attached hydrogens (tertiary/aromatic N) is 2. The highest BCUT2D eigenvalue weighted by Gasteiger charge is 2.33. The number of fused-ring (bicyclic) bond motifs is 1. The third-order valence-corrected chi connectivity index (χ3v) is 6.64. The van der Waals surface area contributed by atoms with E-state index in [0.29, 0.717) is 37.7 Å². The average molecular weight is 495 g/mol. The van der Waals surface area contributed by atoms with Crippen LogP contribution in [-0.2, 0) is 9.53 Å². The second-order valence-electron chi connectivity index (χ2n) is 7.69. The van der Waals surface area contributed by atoms with E-state index in [1.54, 1.807) is 50.8 Å². The summed E-state index contributed by atoms with van der Waals surface area (Å²) in [7, 11) is 4.69. The molecule has 3 aromatic rings. The summed E-state index contributed by atoms with van der Waals surface area (Å²) in [5.41, 5.74) is 2.08. The predicted octanol–water partition coefficient (Wildman–Crippen LogP) is 2.82. The van der Waals surface area contributed by atoms with E-state index in [-0.39, 0.29) is 12.2 Å². The summed E-state index contributed by atoms with van der Waals surface area (Å²) in [5, 5.41) is 0. The van der Waals surface area contributed by atoms with Gasteiger partial charge in [0.2, 0.25) is 0 Å². The number of hydrogen-bond donors (Lipinski definition) is 0. The van der Waals surface area contributed by atoms with E-state index in [4.69, 9.17) is 18.9 Å². The molecule has 0 bridgehead atoms. The SMILES string of the molecule is CCOC(=O)C1=C(C)N=c2s/c(=C\c3ccc(OC)cc3)c(=O)n2[C@@H]1c1ccc(OC)c(OC)c1. The number of carbonyl (C=O) groups excluding carboxylic acids is 1. The van der Waals surface area contributed by atoms with E-state index in [2.05, 4.69) is 4.99 Å². The molecule has 2 aromatic carbocycles. The van der Waals surface area contributed by atoms with Gasteiger partial charge in [-0.2, -0.15) is 0 Å². The van der Waals surface area contributed by atoms with E-state index in [9.17, 15) is 9.59 Å². The largest absolute Gasteiger partial charge is 0.497 e. The average Bonchev–Trinajstić information content (AvgIpc) is 3.17. The molecule has 0 radical (unpaired) electrons. The molecule has 1 aliphatic rings. The van der Waals surface area contributed by atoms with Crippen LogP contribution < -0.4 is 29.1 Å². The van der Waals surface area contributed by atoms with E-state index < -0.39 is 12.0 Å². The number of rotatable bonds is 7. The number of aromatic nitrogens is 1. The number of thiazole rings is 1. The molecule has 0 saturated heterocycles. The Morgan fingerprint density at radius 2 is 1.77 bits per heavy atom. The first-order chi connectivity index (χ1) is 16.9. The molecule has 0 saturated carbocycles. The summed E-state index contributed by atoms with van der Waals surface area (Å²) in [4.78, 5) is 31.8. The van der Waals surface area contributed by atoms with Gasteiger partial charge in [-0.05, 0) is 55.3 Å². The Hall–Kier alpha value is -3.85. The predicted molar refractivity (Wildman–Crippen MR) is 133 cm³/mol. The van der Waals surface area contributed by atoms with Gasteiger partial charge in [0.15, 0.2) is 16.3 Å². The highest BCUT2D eigenvalue weighted by molar-refractivity contribution is 7.07. The fraction of sp³-hybridized carbons (Fsp3) is 0.269. The van der Waals surface area contributed by atoms with Crippen molar-refractivity contribution in [2.24, 2.45) is 4.99 Å². The lowest BCUT2D eigenvalue weighted by molar-refractivity contribution is -0.139. The van der Waals surface area contributed by atoms with Crippen molar-refractivity contribution in [3.05, 3.63) is 84.5 Å². The van der Waals surface area contributed by atoms with Gasteiger partial charge < -0.3 is 18.9 Å². The van der Waals surface area contributed by atoms with E-state index >= 15 is 0 Å². The Labute approximate surface area is 206 Å². The molecule has 35 heavy (non-hydrogen) atoms. The number of ether oxygens (including phenoxy) is 4. The molecule has 1 atom stereocenters. The van der Waals surface area contributed by atoms with Crippen molar-refractivity contribution in [1.82, 2.24) is 4.57 Å². The van der Waals surface area contributed by atoms with E-state index in [0.717, 1.165) is 11.3 Å². The molecule has 9 heteroatoms. The van der Waals surface area contributed by atoms with E-state index in [1.165, 1.54) is 18.4 Å². The maximum atomic E-state index is 13.7. The number of carbonyl (C=O) groups is 1. The van der Waals surface area contributed by atoms with Gasteiger partial charge in [-0.25, -0.2) is 9.79 Å². The zero-order valence-electron chi connectivity index (χ0n) is 20.2. The third-order valence-electron chi connectivity index (χ3n) is 5.65. The van der Waals surface area contributed by atoms with Crippen molar-refractivity contribution < 1.29 is 23.7 Å². The van der Waals surface area contributed by atoms with Gasteiger partial charge in [-0.3, -0.25) is 9.36 Å². The van der Waals surface area contributed by atoms with Gasteiger partial charge in [0.25, 0.3) is 5.56 Å². The zero-order valence-corrected chi connectivity index (χ0v) is 21.0. The van der Waals surface area contributed by atoms with Gasteiger partial charge in [0.05, 0.1) is 49.8 Å². The monoisotopic (exact) mass is 494 g/mol. The highest BCUT2D eigenvalue weighted by atomic mass is 32.1. The summed E-state index contributed by atoms with van der Waals surface area (Å²) in [6.07, 6.45) is 1.80. The smallest absolute Gasteiger partial charge is 0.338 e. The van der Waals surface area contributed by atoms with Crippen LogP contribution in [0.1, 0.15) is 31.0 Å². The van der Waals surface area contributed by atoms with E-state index in [1.807, 2.05) is 30.3 Å². The molecule has 4 rings (SSSR count). The molecule has 0 N–H and O–H groups in total. The van der Waals surface area contributed by atoms with Crippen LogP contribution in [0, 0.1) is 0 Å². The summed E-state index contributed by atoms with van der Waals surface area (Å²) in [6.45, 7) is 3.69. The molecule has 2 heterocycles. The second kappa shape index (κ2) is 10.2. The first-order valence-corrected chi connectivity index (χ1v) is 11.8. The Balaban J connectivity index is 1.94. The van der Waals surface area contributed by atoms with Gasteiger partial charge in [0, 0.05) is 0 Å². The molecule has 8 nitrogen and oxygen atoms in total. The topological polar surface area (TPSA) is 88.4 Å². The Morgan fingerprint density at radius 3 is 2.40 bits per heavy atom. The fourth-order valence-electron chi connectivity index (χ4n) is 3.98. The van der Waals surface area contributed by atoms with Crippen LogP contribution >= 0.6 is 11.3 Å². The van der Waals surface area contributed by atoms with Crippen LogP contribution in [0.2, 0.25) is 0 Å². The van der Waals surface area contributed by atoms with Crippen LogP contribution in [0.15, 0.2) is 63.5 Å². The number of hydrogen-bond acceptors (Lipinski definition) is 8. The lowest BCUT2D eigenvalue weighted by Crippen LogP contribution is -2.39.